The molecular weight excluding hydrogens is 234 g/mol. The first-order valence-corrected chi connectivity index (χ1v) is 7.25. The summed E-state index contributed by atoms with van der Waals surface area (Å²) < 4.78 is 25.1. The maximum Gasteiger partial charge on any atom is 0.214 e. The van der Waals surface area contributed by atoms with Crippen LogP contribution >= 0.6 is 11.3 Å². The van der Waals surface area contributed by atoms with Gasteiger partial charge in [-0.05, 0) is 35.7 Å². The average Bonchev–Trinajstić information content (AvgIpc) is 2.54. The monoisotopic (exact) mass is 249 g/mol. The molecule has 0 fully saturated rings. The topological polar surface area (TPSA) is 66.4 Å². The van der Waals surface area contributed by atoms with Crippen molar-refractivity contribution in [3.05, 3.63) is 22.4 Å². The van der Waals surface area contributed by atoms with Crippen molar-refractivity contribution in [2.45, 2.75) is 19.4 Å². The van der Waals surface area contributed by atoms with Crippen molar-refractivity contribution in [3.8, 4) is 0 Å². The van der Waals surface area contributed by atoms with E-state index in [-0.39, 0.29) is 18.4 Å². The van der Waals surface area contributed by atoms with Gasteiger partial charge in [0.2, 0.25) is 10.0 Å². The average molecular weight is 249 g/mol. The van der Waals surface area contributed by atoms with Gasteiger partial charge in [0.05, 0.1) is 12.4 Å². The molecule has 0 saturated carbocycles. The van der Waals surface area contributed by atoms with Crippen molar-refractivity contribution in [3.63, 3.8) is 0 Å². The van der Waals surface area contributed by atoms with E-state index in [0.717, 1.165) is 5.56 Å². The molecule has 0 bridgehead atoms. The van der Waals surface area contributed by atoms with Gasteiger partial charge in [-0.2, -0.15) is 11.3 Å². The second-order valence-electron chi connectivity index (χ2n) is 3.40. The van der Waals surface area contributed by atoms with Gasteiger partial charge in [-0.1, -0.05) is 0 Å². The summed E-state index contributed by atoms with van der Waals surface area (Å²) >= 11 is 1.59. The lowest BCUT2D eigenvalue weighted by Crippen LogP contribution is -2.36. The van der Waals surface area contributed by atoms with Gasteiger partial charge in [-0.15, -0.1) is 0 Å². The molecule has 0 saturated heterocycles. The second kappa shape index (κ2) is 5.60. The van der Waals surface area contributed by atoms with Crippen molar-refractivity contribution in [2.75, 3.05) is 12.4 Å². The Balaban J connectivity index is 2.46. The number of sulfonamides is 1. The van der Waals surface area contributed by atoms with Gasteiger partial charge in [0.1, 0.15) is 0 Å². The van der Waals surface area contributed by atoms with Crippen LogP contribution in [0.15, 0.2) is 16.8 Å². The van der Waals surface area contributed by atoms with E-state index in [4.69, 9.17) is 5.11 Å². The number of aliphatic hydroxyl groups excluding tert-OH is 1. The van der Waals surface area contributed by atoms with E-state index in [1.165, 1.54) is 0 Å². The Bertz CT molecular complexity index is 372. The van der Waals surface area contributed by atoms with Gasteiger partial charge in [-0.3, -0.25) is 0 Å². The number of hydrogen-bond donors (Lipinski definition) is 2. The third kappa shape index (κ3) is 4.74. The smallest absolute Gasteiger partial charge is 0.214 e. The molecule has 6 heteroatoms. The van der Waals surface area contributed by atoms with E-state index in [1.807, 2.05) is 23.8 Å². The lowest BCUT2D eigenvalue weighted by atomic mass is 10.1. The van der Waals surface area contributed by atoms with Crippen molar-refractivity contribution < 1.29 is 13.5 Å². The zero-order chi connectivity index (χ0) is 11.3. The molecule has 0 aliphatic heterocycles. The number of hydrogen-bond acceptors (Lipinski definition) is 4. The highest BCUT2D eigenvalue weighted by Crippen LogP contribution is 2.08. The second-order valence-corrected chi connectivity index (χ2v) is 6.05. The SMILES string of the molecule is CC(Cc1ccsc1)NS(=O)(=O)CCO. The Kier molecular flexibility index (Phi) is 4.72. The third-order valence-corrected chi connectivity index (χ3v) is 4.08. The Hall–Kier alpha value is -0.430. The normalized spacial score (nSPS) is 14.0. The van der Waals surface area contributed by atoms with E-state index in [1.54, 1.807) is 11.3 Å². The van der Waals surface area contributed by atoms with Crippen LogP contribution < -0.4 is 4.72 Å². The maximum absolute atomic E-state index is 11.3. The van der Waals surface area contributed by atoms with E-state index in [9.17, 15) is 8.42 Å². The van der Waals surface area contributed by atoms with E-state index < -0.39 is 10.0 Å². The number of nitrogens with one attached hydrogen (secondary N) is 1. The summed E-state index contributed by atoms with van der Waals surface area (Å²) in [5.74, 6) is -0.235. The van der Waals surface area contributed by atoms with Crippen LogP contribution in [0.2, 0.25) is 0 Å². The van der Waals surface area contributed by atoms with Crippen molar-refractivity contribution in [2.24, 2.45) is 0 Å². The quantitative estimate of drug-likeness (QED) is 0.775. The highest BCUT2D eigenvalue weighted by atomic mass is 32.2. The summed E-state index contributed by atoms with van der Waals surface area (Å²) in [6.07, 6.45) is 0.675. The number of thiophene rings is 1. The van der Waals surface area contributed by atoms with Gasteiger partial charge < -0.3 is 5.11 Å². The number of rotatable bonds is 6. The number of aliphatic hydroxyl groups is 1. The molecule has 4 nitrogen and oxygen atoms in total. The van der Waals surface area contributed by atoms with Crippen LogP contribution in [0, 0.1) is 0 Å². The highest BCUT2D eigenvalue weighted by Gasteiger charge is 2.13. The van der Waals surface area contributed by atoms with Gasteiger partial charge in [-0.25, -0.2) is 13.1 Å². The Labute approximate surface area is 94.0 Å². The molecule has 0 radical (unpaired) electrons. The van der Waals surface area contributed by atoms with Gasteiger partial charge >= 0.3 is 0 Å². The molecule has 0 aliphatic carbocycles. The fraction of sp³-hybridized carbons (Fsp3) is 0.556. The summed E-state index contributed by atoms with van der Waals surface area (Å²) in [6, 6.07) is 1.83. The van der Waals surface area contributed by atoms with Crippen LogP contribution in [0.3, 0.4) is 0 Å². The van der Waals surface area contributed by atoms with Crippen LogP contribution in [0.25, 0.3) is 0 Å². The fourth-order valence-electron chi connectivity index (χ4n) is 1.29. The third-order valence-electron chi connectivity index (χ3n) is 1.86. The van der Waals surface area contributed by atoms with E-state index in [0.29, 0.717) is 6.42 Å². The standard InChI is InChI=1S/C9H15NO3S2/c1-8(6-9-2-4-14-7-9)10-15(12,13)5-3-11/h2,4,7-8,10-11H,3,5-6H2,1H3. The molecule has 1 atom stereocenters. The predicted molar refractivity (Wildman–Crippen MR) is 61.5 cm³/mol. The Morgan fingerprint density at radius 1 is 1.60 bits per heavy atom. The summed E-state index contributed by atoms with van der Waals surface area (Å²) in [6.45, 7) is 1.47. The lowest BCUT2D eigenvalue weighted by Gasteiger charge is -2.12. The zero-order valence-electron chi connectivity index (χ0n) is 8.51. The molecule has 0 spiro atoms. The van der Waals surface area contributed by atoms with Gasteiger partial charge in [0, 0.05) is 6.04 Å². The molecule has 1 heterocycles. The molecule has 0 amide bonds. The minimum absolute atomic E-state index is 0.142. The zero-order valence-corrected chi connectivity index (χ0v) is 10.1. The minimum atomic E-state index is -3.33. The summed E-state index contributed by atoms with van der Waals surface area (Å²) in [5.41, 5.74) is 1.12. The van der Waals surface area contributed by atoms with Crippen molar-refractivity contribution in [1.29, 1.82) is 0 Å². The van der Waals surface area contributed by atoms with E-state index in [2.05, 4.69) is 4.72 Å². The van der Waals surface area contributed by atoms with Crippen LogP contribution in [-0.2, 0) is 16.4 Å². The van der Waals surface area contributed by atoms with Gasteiger partial charge in [0.15, 0.2) is 0 Å². The molecule has 1 rings (SSSR count). The fourth-order valence-corrected chi connectivity index (χ4v) is 3.03. The minimum Gasteiger partial charge on any atom is -0.395 e. The summed E-state index contributed by atoms with van der Waals surface area (Å²) in [5, 5.41) is 12.5. The molecule has 15 heavy (non-hydrogen) atoms. The highest BCUT2D eigenvalue weighted by molar-refractivity contribution is 7.89. The van der Waals surface area contributed by atoms with Crippen LogP contribution in [0.4, 0.5) is 0 Å². The maximum atomic E-state index is 11.3. The molecular formula is C9H15NO3S2. The van der Waals surface area contributed by atoms with E-state index >= 15 is 0 Å². The van der Waals surface area contributed by atoms with Crippen molar-refractivity contribution in [1.82, 2.24) is 4.72 Å². The summed E-state index contributed by atoms with van der Waals surface area (Å²) in [7, 11) is -3.33. The lowest BCUT2D eigenvalue weighted by molar-refractivity contribution is 0.319. The molecule has 1 unspecified atom stereocenters. The molecule has 86 valence electrons. The first kappa shape index (κ1) is 12.6. The molecule has 0 aliphatic rings. The Morgan fingerprint density at radius 3 is 2.87 bits per heavy atom. The first-order valence-electron chi connectivity index (χ1n) is 4.65. The molecule has 2 N–H and O–H groups in total. The Morgan fingerprint density at radius 2 is 2.33 bits per heavy atom. The van der Waals surface area contributed by atoms with Crippen LogP contribution in [0.5, 0.6) is 0 Å². The van der Waals surface area contributed by atoms with Crippen LogP contribution in [0.1, 0.15) is 12.5 Å². The van der Waals surface area contributed by atoms with Gasteiger partial charge in [0.25, 0.3) is 0 Å². The molecule has 0 aromatic carbocycles. The van der Waals surface area contributed by atoms with Crippen LogP contribution in [-0.4, -0.2) is 31.9 Å². The molecule has 1 aromatic rings. The summed E-state index contributed by atoms with van der Waals surface area (Å²) in [4.78, 5) is 0. The van der Waals surface area contributed by atoms with Crippen molar-refractivity contribution >= 4 is 21.4 Å². The largest absolute Gasteiger partial charge is 0.395 e. The predicted octanol–water partition coefficient (Wildman–Crippen LogP) is 0.591. The first-order chi connectivity index (χ1) is 7.03. The molecule has 1 aromatic heterocycles.